The molecule has 2 N–H and O–H groups in total. The van der Waals surface area contributed by atoms with Crippen molar-refractivity contribution in [3.63, 3.8) is 0 Å². The Morgan fingerprint density at radius 3 is 2.59 bits per heavy atom. The summed E-state index contributed by atoms with van der Waals surface area (Å²) in [6.45, 7) is 4.81. The van der Waals surface area contributed by atoms with Crippen molar-refractivity contribution in [3.05, 3.63) is 58.8 Å². The van der Waals surface area contributed by atoms with Gasteiger partial charge in [0.05, 0.1) is 24.9 Å². The number of nitrogens with one attached hydrogen (secondary N) is 2. The molecule has 11 heteroatoms. The Morgan fingerprint density at radius 1 is 1.09 bits per heavy atom. The van der Waals surface area contributed by atoms with Gasteiger partial charge in [-0.3, -0.25) is 9.69 Å². The molecule has 1 aromatic carbocycles. The van der Waals surface area contributed by atoms with Gasteiger partial charge in [-0.25, -0.2) is 13.5 Å². The third-order valence-corrected chi connectivity index (χ3v) is 5.78. The largest absolute Gasteiger partial charge is 0.378 e. The van der Waals surface area contributed by atoms with E-state index in [1.54, 1.807) is 12.1 Å². The predicted molar refractivity (Wildman–Crippen MR) is 115 cm³/mol. The number of hydrogen-bond donors (Lipinski definition) is 2. The van der Waals surface area contributed by atoms with Crippen LogP contribution in [0, 0.1) is 0 Å². The molecule has 2 aliphatic rings. The summed E-state index contributed by atoms with van der Waals surface area (Å²) in [5.74, 6) is 0.248. The molecule has 0 atom stereocenters. The molecule has 0 unspecified atom stereocenters. The molecule has 5 rings (SSSR count). The molecule has 0 spiro atoms. The maximum absolute atomic E-state index is 13.6. The van der Waals surface area contributed by atoms with Gasteiger partial charge in [-0.1, -0.05) is 0 Å². The first-order valence-electron chi connectivity index (χ1n) is 10.4. The van der Waals surface area contributed by atoms with Crippen molar-refractivity contribution in [3.8, 4) is 5.69 Å². The first kappa shape index (κ1) is 20.6. The van der Waals surface area contributed by atoms with Gasteiger partial charge in [0, 0.05) is 55.4 Å². The summed E-state index contributed by atoms with van der Waals surface area (Å²) < 4.78 is 33.9. The number of H-pyrrole nitrogens is 1. The minimum atomic E-state index is -2.59. The average Bonchev–Trinajstić information content (AvgIpc) is 3.21. The van der Waals surface area contributed by atoms with E-state index in [1.165, 1.54) is 29.3 Å². The Bertz CT molecular complexity index is 1140. The highest BCUT2D eigenvalue weighted by molar-refractivity contribution is 5.64. The molecule has 2 aliphatic heterocycles. The van der Waals surface area contributed by atoms with Gasteiger partial charge in [0.1, 0.15) is 6.33 Å². The van der Waals surface area contributed by atoms with Crippen molar-refractivity contribution >= 4 is 17.3 Å². The van der Waals surface area contributed by atoms with E-state index in [9.17, 15) is 13.6 Å². The molecule has 168 valence electrons. The number of nitrogens with zero attached hydrogens (tertiary/aromatic N) is 5. The summed E-state index contributed by atoms with van der Waals surface area (Å²) in [5, 5.41) is 7.31. The van der Waals surface area contributed by atoms with Crippen LogP contribution in [0.1, 0.15) is 12.0 Å². The molecule has 0 aliphatic carbocycles. The van der Waals surface area contributed by atoms with Crippen LogP contribution in [0.2, 0.25) is 0 Å². The van der Waals surface area contributed by atoms with Crippen LogP contribution in [0.4, 0.5) is 26.1 Å². The Balaban J connectivity index is 1.34. The Kier molecular flexibility index (Phi) is 5.58. The van der Waals surface area contributed by atoms with Crippen LogP contribution in [0.5, 0.6) is 0 Å². The van der Waals surface area contributed by atoms with Crippen LogP contribution in [0.25, 0.3) is 5.69 Å². The van der Waals surface area contributed by atoms with Gasteiger partial charge >= 0.3 is 0 Å². The van der Waals surface area contributed by atoms with Gasteiger partial charge < -0.3 is 19.9 Å². The highest BCUT2D eigenvalue weighted by Crippen LogP contribution is 2.30. The second-order valence-corrected chi connectivity index (χ2v) is 7.88. The Hall–Kier alpha value is -3.31. The smallest absolute Gasteiger partial charge is 0.263 e. The number of halogens is 2. The number of benzene rings is 1. The van der Waals surface area contributed by atoms with E-state index < -0.39 is 6.43 Å². The van der Waals surface area contributed by atoms with Crippen molar-refractivity contribution in [2.45, 2.75) is 12.5 Å². The molecule has 9 nitrogen and oxygen atoms in total. The summed E-state index contributed by atoms with van der Waals surface area (Å²) in [4.78, 5) is 22.7. The van der Waals surface area contributed by atoms with Crippen molar-refractivity contribution in [1.82, 2.24) is 24.6 Å². The predicted octanol–water partition coefficient (Wildman–Crippen LogP) is 2.16. The maximum atomic E-state index is 13.6. The zero-order valence-corrected chi connectivity index (χ0v) is 17.2. The molecule has 0 amide bonds. The first-order chi connectivity index (χ1) is 15.5. The second-order valence-electron chi connectivity index (χ2n) is 7.88. The van der Waals surface area contributed by atoms with E-state index in [4.69, 9.17) is 4.74 Å². The van der Waals surface area contributed by atoms with Crippen LogP contribution in [-0.4, -0.2) is 70.1 Å². The van der Waals surface area contributed by atoms with Crippen molar-refractivity contribution < 1.29 is 13.5 Å². The molecule has 2 aromatic heterocycles. The van der Waals surface area contributed by atoms with Crippen LogP contribution in [-0.2, 0) is 4.74 Å². The Morgan fingerprint density at radius 2 is 1.91 bits per heavy atom. The quantitative estimate of drug-likeness (QED) is 0.603. The molecular weight excluding hydrogens is 420 g/mol. The zero-order chi connectivity index (χ0) is 22.1. The van der Waals surface area contributed by atoms with Crippen molar-refractivity contribution in [2.24, 2.45) is 0 Å². The number of rotatable bonds is 6. The number of ether oxygens (including phenoxy) is 1. The minimum absolute atomic E-state index is 0.0613. The van der Waals surface area contributed by atoms with Gasteiger partial charge in [-0.15, -0.1) is 5.10 Å². The van der Waals surface area contributed by atoms with Gasteiger partial charge in [-0.05, 0) is 24.3 Å². The topological polar surface area (TPSA) is 91.3 Å². The van der Waals surface area contributed by atoms with Gasteiger partial charge in [0.2, 0.25) is 11.5 Å². The highest BCUT2D eigenvalue weighted by atomic mass is 19.3. The van der Waals surface area contributed by atoms with Crippen molar-refractivity contribution in [2.75, 3.05) is 49.6 Å². The monoisotopic (exact) mass is 443 g/mol. The van der Waals surface area contributed by atoms with E-state index in [0.717, 1.165) is 45.1 Å². The normalized spacial score (nSPS) is 17.5. The van der Waals surface area contributed by atoms with Crippen LogP contribution in [0.3, 0.4) is 0 Å². The summed E-state index contributed by atoms with van der Waals surface area (Å²) in [7, 11) is 0. The van der Waals surface area contributed by atoms with E-state index in [-0.39, 0.29) is 17.1 Å². The molecule has 4 heterocycles. The van der Waals surface area contributed by atoms with Crippen LogP contribution in [0.15, 0.2) is 47.7 Å². The third kappa shape index (κ3) is 4.34. The summed E-state index contributed by atoms with van der Waals surface area (Å²) in [5.41, 5.74) is 1.45. The lowest BCUT2D eigenvalue weighted by atomic mass is 10.1. The van der Waals surface area contributed by atoms with Crippen LogP contribution >= 0.6 is 0 Å². The second kappa shape index (κ2) is 8.67. The number of aromatic nitrogens is 4. The molecule has 2 saturated heterocycles. The minimum Gasteiger partial charge on any atom is -0.378 e. The van der Waals surface area contributed by atoms with Gasteiger partial charge in [-0.2, -0.15) is 4.98 Å². The average molecular weight is 443 g/mol. The molecule has 0 bridgehead atoms. The van der Waals surface area contributed by atoms with E-state index >= 15 is 0 Å². The van der Waals surface area contributed by atoms with E-state index in [0.29, 0.717) is 17.4 Å². The van der Waals surface area contributed by atoms with Crippen molar-refractivity contribution in [1.29, 1.82) is 0 Å². The number of hydrogen-bond acceptors (Lipinski definition) is 7. The zero-order valence-electron chi connectivity index (χ0n) is 17.2. The third-order valence-electron chi connectivity index (χ3n) is 5.78. The van der Waals surface area contributed by atoms with Gasteiger partial charge in [0.25, 0.3) is 6.43 Å². The summed E-state index contributed by atoms with van der Waals surface area (Å²) in [6, 6.07) is 8.34. The van der Waals surface area contributed by atoms with Gasteiger partial charge in [0.15, 0.2) is 0 Å². The fraction of sp³-hybridized carbons (Fsp3) is 0.381. The number of anilines is 3. The number of piperazine rings is 1. The fourth-order valence-electron chi connectivity index (χ4n) is 3.94. The lowest BCUT2D eigenvalue weighted by Gasteiger charge is -2.43. The highest BCUT2D eigenvalue weighted by Gasteiger charge is 2.29. The maximum Gasteiger partial charge on any atom is 0.263 e. The SMILES string of the molecule is O=c1cc(-n2cnc(Nc3cc(C(F)F)cc(N4CCN(C5COC5)CC4)c3)n2)cc[nH]1. The number of pyridine rings is 1. The number of alkyl halides is 2. The molecule has 0 radical (unpaired) electrons. The van der Waals surface area contributed by atoms with E-state index in [2.05, 4.69) is 30.2 Å². The Labute approximate surface area is 182 Å². The van der Waals surface area contributed by atoms with E-state index in [1.807, 2.05) is 6.07 Å². The van der Waals surface area contributed by atoms with Crippen LogP contribution < -0.4 is 15.8 Å². The standard InChI is InChI=1S/C21H23F2N7O2/c22-20(23)14-7-15(26-21-25-13-30(27-21)16-1-2-24-19(31)10-16)9-17(8-14)28-3-5-29(6-4-28)18-11-32-12-18/h1-2,7-10,13,18,20H,3-6,11-12H2,(H,24,31)(H,26,27). The molecule has 2 fully saturated rings. The first-order valence-corrected chi connectivity index (χ1v) is 10.4. The molecule has 3 aromatic rings. The lowest BCUT2D eigenvalue weighted by molar-refractivity contribution is -0.0660. The summed E-state index contributed by atoms with van der Waals surface area (Å²) >= 11 is 0. The molecular formula is C21H23F2N7O2. The fourth-order valence-corrected chi connectivity index (χ4v) is 3.94. The molecule has 0 saturated carbocycles. The molecule has 32 heavy (non-hydrogen) atoms. The number of aromatic amines is 1. The lowest BCUT2D eigenvalue weighted by Crippen LogP contribution is -2.56. The summed E-state index contributed by atoms with van der Waals surface area (Å²) in [6.07, 6.45) is 0.381.